The van der Waals surface area contributed by atoms with E-state index in [0.29, 0.717) is 44.1 Å². The molecule has 0 saturated carbocycles. The van der Waals surface area contributed by atoms with E-state index in [1.807, 2.05) is 54.7 Å². The normalized spacial score (nSPS) is 21.9. The summed E-state index contributed by atoms with van der Waals surface area (Å²) < 4.78 is 7.87. The van der Waals surface area contributed by atoms with Gasteiger partial charge < -0.3 is 19.4 Å². The van der Waals surface area contributed by atoms with Gasteiger partial charge in [-0.15, -0.1) is 5.10 Å². The van der Waals surface area contributed by atoms with Crippen LogP contribution in [0.5, 0.6) is 5.75 Å². The minimum atomic E-state index is -0.966. The van der Waals surface area contributed by atoms with Crippen LogP contribution in [0, 0.1) is 0 Å². The molecule has 2 atom stereocenters. The summed E-state index contributed by atoms with van der Waals surface area (Å²) in [5.74, 6) is 0.401. The van der Waals surface area contributed by atoms with Crippen LogP contribution in [0.4, 0.5) is 5.69 Å². The molecular weight excluding hydrogens is 496 g/mol. The van der Waals surface area contributed by atoms with Gasteiger partial charge in [-0.3, -0.25) is 19.1 Å². The Morgan fingerprint density at radius 2 is 1.95 bits per heavy atom. The number of fused-ring (bicyclic) bond motifs is 8. The van der Waals surface area contributed by atoms with Crippen molar-refractivity contribution in [2.45, 2.75) is 50.2 Å². The molecule has 1 spiro atoms. The van der Waals surface area contributed by atoms with Gasteiger partial charge in [0.15, 0.2) is 0 Å². The average molecular weight is 529 g/mol. The number of hydrogen-bond donors (Lipinski definition) is 0. The van der Waals surface area contributed by atoms with E-state index < -0.39 is 11.5 Å². The van der Waals surface area contributed by atoms with Gasteiger partial charge in [0.2, 0.25) is 17.7 Å². The van der Waals surface area contributed by atoms with Crippen molar-refractivity contribution >= 4 is 23.4 Å². The van der Waals surface area contributed by atoms with Crippen molar-refractivity contribution in [1.82, 2.24) is 24.8 Å². The van der Waals surface area contributed by atoms with Gasteiger partial charge in [0.25, 0.3) is 0 Å². The second-order valence-electron chi connectivity index (χ2n) is 10.7. The number of carbonyl (C=O) groups excluding carboxylic acids is 3. The maximum Gasteiger partial charge on any atom is 0.240 e. The number of hydrogen-bond acceptors (Lipinski definition) is 6. The Labute approximate surface area is 227 Å². The third-order valence-electron chi connectivity index (χ3n) is 8.08. The number of carbonyl (C=O) groups is 3. The summed E-state index contributed by atoms with van der Waals surface area (Å²) in [7, 11) is 3.37. The Hall–Kier alpha value is -4.21. The van der Waals surface area contributed by atoms with Crippen LogP contribution in [0.15, 0.2) is 54.7 Å². The zero-order valence-corrected chi connectivity index (χ0v) is 22.2. The Balaban J connectivity index is 1.47. The topological polar surface area (TPSA) is 101 Å². The summed E-state index contributed by atoms with van der Waals surface area (Å²) >= 11 is 0. The molecule has 0 unspecified atom stereocenters. The lowest BCUT2D eigenvalue weighted by Crippen LogP contribution is -2.45. The molecule has 10 heteroatoms. The number of rotatable bonds is 3. The molecule has 2 aromatic carbocycles. The summed E-state index contributed by atoms with van der Waals surface area (Å²) in [5, 5.41) is 8.58. The van der Waals surface area contributed by atoms with Crippen LogP contribution in [0.1, 0.15) is 48.5 Å². The number of likely N-dealkylation sites (tertiary alicyclic amines) is 1. The Morgan fingerprint density at radius 3 is 2.79 bits per heavy atom. The van der Waals surface area contributed by atoms with Crippen LogP contribution < -0.4 is 9.64 Å². The molecule has 1 aromatic heterocycles. The lowest BCUT2D eigenvalue weighted by molar-refractivity contribution is -0.137. The van der Waals surface area contributed by atoms with Crippen molar-refractivity contribution in [2.75, 3.05) is 32.1 Å². The lowest BCUT2D eigenvalue weighted by atomic mass is 9.72. The summed E-state index contributed by atoms with van der Waals surface area (Å²) in [5.41, 5.74) is 2.33. The molecule has 3 aliphatic rings. The predicted molar refractivity (Wildman–Crippen MR) is 143 cm³/mol. The van der Waals surface area contributed by atoms with Gasteiger partial charge in [-0.1, -0.05) is 35.5 Å². The predicted octanol–water partition coefficient (Wildman–Crippen LogP) is 2.69. The van der Waals surface area contributed by atoms with Crippen molar-refractivity contribution in [2.24, 2.45) is 0 Å². The van der Waals surface area contributed by atoms with Gasteiger partial charge in [-0.05, 0) is 35.7 Å². The smallest absolute Gasteiger partial charge is 0.240 e. The number of aryl methyl sites for hydroxylation is 1. The van der Waals surface area contributed by atoms with E-state index in [1.165, 1.54) is 4.90 Å². The van der Waals surface area contributed by atoms with E-state index in [4.69, 9.17) is 4.74 Å². The van der Waals surface area contributed by atoms with E-state index in [-0.39, 0.29) is 30.6 Å². The highest BCUT2D eigenvalue weighted by molar-refractivity contribution is 6.09. The molecule has 6 rings (SSSR count). The van der Waals surface area contributed by atoms with E-state index in [0.717, 1.165) is 23.2 Å². The number of nitrogens with zero attached hydrogens (tertiary/aromatic N) is 6. The Kier molecular flexibility index (Phi) is 6.32. The number of para-hydroxylation sites is 1. The van der Waals surface area contributed by atoms with Gasteiger partial charge >= 0.3 is 0 Å². The van der Waals surface area contributed by atoms with Gasteiger partial charge in [0.1, 0.15) is 16.9 Å². The summed E-state index contributed by atoms with van der Waals surface area (Å²) in [6.07, 6.45) is 3.32. The Bertz CT molecular complexity index is 1430. The maximum absolute atomic E-state index is 14.6. The molecule has 3 aromatic rings. The molecule has 202 valence electrons. The number of amides is 3. The third kappa shape index (κ3) is 4.24. The maximum atomic E-state index is 14.6. The molecule has 3 amide bonds. The largest absolute Gasteiger partial charge is 0.494 e. The molecule has 3 aliphatic heterocycles. The molecule has 39 heavy (non-hydrogen) atoms. The van der Waals surface area contributed by atoms with Crippen molar-refractivity contribution in [1.29, 1.82) is 0 Å². The van der Waals surface area contributed by atoms with Gasteiger partial charge in [-0.25, -0.2) is 0 Å². The highest BCUT2D eigenvalue weighted by atomic mass is 16.5. The van der Waals surface area contributed by atoms with Crippen LogP contribution >= 0.6 is 0 Å². The van der Waals surface area contributed by atoms with Crippen LogP contribution in [0.2, 0.25) is 0 Å². The van der Waals surface area contributed by atoms with E-state index in [1.54, 1.807) is 28.6 Å². The van der Waals surface area contributed by atoms with Crippen LogP contribution in [0.25, 0.3) is 0 Å². The Morgan fingerprint density at radius 1 is 1.10 bits per heavy atom. The fourth-order valence-corrected chi connectivity index (χ4v) is 6.23. The molecule has 0 N–H and O–H groups in total. The number of ether oxygens (including phenoxy) is 1. The van der Waals surface area contributed by atoms with Crippen molar-refractivity contribution in [3.8, 4) is 5.75 Å². The fourth-order valence-electron chi connectivity index (χ4n) is 6.23. The molecule has 10 nitrogen and oxygen atoms in total. The van der Waals surface area contributed by atoms with Crippen LogP contribution in [-0.2, 0) is 32.9 Å². The minimum absolute atomic E-state index is 0.0517. The highest BCUT2D eigenvalue weighted by Gasteiger charge is 2.61. The molecular formula is C29H32N6O4. The first-order valence-corrected chi connectivity index (χ1v) is 13.4. The lowest BCUT2D eigenvalue weighted by Gasteiger charge is -2.35. The monoisotopic (exact) mass is 528 g/mol. The second kappa shape index (κ2) is 9.83. The van der Waals surface area contributed by atoms with Crippen molar-refractivity contribution < 1.29 is 19.1 Å². The van der Waals surface area contributed by atoms with Gasteiger partial charge in [0.05, 0.1) is 25.4 Å². The SMILES string of the molecule is CN(C)C(=O)CCC(=O)N1CC[C@]23C(=O)N(Cc4cn(nn4)CCCOc4cccc(c4)[C@H]12)c1ccccc13. The average Bonchev–Trinajstić information content (AvgIpc) is 3.62. The summed E-state index contributed by atoms with van der Waals surface area (Å²) in [6.45, 7) is 1.86. The van der Waals surface area contributed by atoms with E-state index >= 15 is 0 Å². The first kappa shape index (κ1) is 25.1. The molecule has 6 bridgehead atoms. The van der Waals surface area contributed by atoms with Gasteiger partial charge in [0, 0.05) is 52.1 Å². The van der Waals surface area contributed by atoms with Crippen LogP contribution in [0.3, 0.4) is 0 Å². The number of benzene rings is 2. The zero-order chi connectivity index (χ0) is 27.1. The number of aromatic nitrogens is 3. The van der Waals surface area contributed by atoms with Crippen molar-refractivity contribution in [3.63, 3.8) is 0 Å². The summed E-state index contributed by atoms with van der Waals surface area (Å²) in [4.78, 5) is 45.7. The molecule has 1 fully saturated rings. The first-order chi connectivity index (χ1) is 18.9. The van der Waals surface area contributed by atoms with Crippen LogP contribution in [-0.4, -0.2) is 69.8 Å². The minimum Gasteiger partial charge on any atom is -0.494 e. The quantitative estimate of drug-likeness (QED) is 0.518. The van der Waals surface area contributed by atoms with E-state index in [2.05, 4.69) is 10.3 Å². The zero-order valence-electron chi connectivity index (χ0n) is 22.2. The highest BCUT2D eigenvalue weighted by Crippen LogP contribution is 2.57. The van der Waals surface area contributed by atoms with E-state index in [9.17, 15) is 14.4 Å². The standard InChI is InChI=1S/C29H32N6O4/c1-32(2)25(36)11-12-26(37)34-15-13-29-23-9-3-4-10-24(23)35(28(29)38)19-21-18-33(31-30-21)14-6-16-39-22-8-5-7-20(17-22)27(29)34/h3-5,7-10,17-18,27H,6,11-16,19H2,1-2H3/t27-,29+/m0/s1. The molecule has 0 radical (unpaired) electrons. The third-order valence-corrected chi connectivity index (χ3v) is 8.08. The van der Waals surface area contributed by atoms with Gasteiger partial charge in [-0.2, -0.15) is 0 Å². The molecule has 0 aliphatic carbocycles. The first-order valence-electron chi connectivity index (χ1n) is 13.4. The van der Waals surface area contributed by atoms with Crippen molar-refractivity contribution in [3.05, 3.63) is 71.5 Å². The summed E-state index contributed by atoms with van der Waals surface area (Å²) in [6, 6.07) is 15.0. The fraction of sp³-hybridized carbons (Fsp3) is 0.414. The molecule has 1 saturated heterocycles. The molecule has 4 heterocycles. The second-order valence-corrected chi connectivity index (χ2v) is 10.7. The number of anilines is 1.